The molecule has 1 saturated heterocycles. The van der Waals surface area contributed by atoms with Crippen molar-refractivity contribution >= 4 is 11.6 Å². The van der Waals surface area contributed by atoms with E-state index in [2.05, 4.69) is 39.5 Å². The number of nitrogens with zero attached hydrogens (tertiary/aromatic N) is 3. The summed E-state index contributed by atoms with van der Waals surface area (Å²) in [6, 6.07) is 2.03. The summed E-state index contributed by atoms with van der Waals surface area (Å²) >= 11 is 0. The molecule has 1 fully saturated rings. The summed E-state index contributed by atoms with van der Waals surface area (Å²) in [6.45, 7) is 8.24. The maximum atomic E-state index is 4.54. The van der Waals surface area contributed by atoms with Crippen molar-refractivity contribution in [2.45, 2.75) is 26.7 Å². The zero-order valence-electron chi connectivity index (χ0n) is 12.2. The zero-order valence-corrected chi connectivity index (χ0v) is 12.2. The molecule has 0 aromatic carbocycles. The summed E-state index contributed by atoms with van der Waals surface area (Å²) in [4.78, 5) is 11.2. The SMILES string of the molecule is CCNc1cc(N(C)CC2CCCNC2)nc(C)n1. The lowest BCUT2D eigenvalue weighted by molar-refractivity contribution is 0.380. The molecule has 1 aliphatic rings. The number of rotatable bonds is 5. The van der Waals surface area contributed by atoms with E-state index < -0.39 is 0 Å². The maximum absolute atomic E-state index is 4.54. The Kier molecular flexibility index (Phi) is 4.96. The van der Waals surface area contributed by atoms with Crippen LogP contribution in [0.15, 0.2) is 6.07 Å². The van der Waals surface area contributed by atoms with Crippen LogP contribution in [0, 0.1) is 12.8 Å². The van der Waals surface area contributed by atoms with Crippen LogP contribution in [0.1, 0.15) is 25.6 Å². The van der Waals surface area contributed by atoms with Crippen LogP contribution in [0.25, 0.3) is 0 Å². The third-order valence-corrected chi connectivity index (χ3v) is 3.50. The summed E-state index contributed by atoms with van der Waals surface area (Å²) in [7, 11) is 2.12. The van der Waals surface area contributed by atoms with Crippen LogP contribution in [0.5, 0.6) is 0 Å². The van der Waals surface area contributed by atoms with Crippen molar-refractivity contribution in [3.63, 3.8) is 0 Å². The third kappa shape index (κ3) is 4.06. The van der Waals surface area contributed by atoms with E-state index in [1.54, 1.807) is 0 Å². The van der Waals surface area contributed by atoms with Crippen molar-refractivity contribution in [3.8, 4) is 0 Å². The Balaban J connectivity index is 2.02. The van der Waals surface area contributed by atoms with E-state index in [1.807, 2.05) is 13.0 Å². The van der Waals surface area contributed by atoms with Gasteiger partial charge in [-0.1, -0.05) is 0 Å². The van der Waals surface area contributed by atoms with Crippen molar-refractivity contribution in [1.29, 1.82) is 0 Å². The number of hydrogen-bond acceptors (Lipinski definition) is 5. The molecule has 0 aliphatic carbocycles. The minimum atomic E-state index is 0.719. The first-order valence-electron chi connectivity index (χ1n) is 7.20. The van der Waals surface area contributed by atoms with Crippen molar-refractivity contribution in [1.82, 2.24) is 15.3 Å². The van der Waals surface area contributed by atoms with Crippen LogP contribution >= 0.6 is 0 Å². The first-order chi connectivity index (χ1) is 9.19. The van der Waals surface area contributed by atoms with E-state index in [9.17, 15) is 0 Å². The Bertz CT molecular complexity index is 401. The largest absolute Gasteiger partial charge is 0.370 e. The first-order valence-corrected chi connectivity index (χ1v) is 7.20. The molecular weight excluding hydrogens is 238 g/mol. The van der Waals surface area contributed by atoms with E-state index >= 15 is 0 Å². The van der Waals surface area contributed by atoms with Crippen molar-refractivity contribution in [3.05, 3.63) is 11.9 Å². The normalized spacial score (nSPS) is 19.2. The zero-order chi connectivity index (χ0) is 13.7. The summed E-state index contributed by atoms with van der Waals surface area (Å²) in [5, 5.41) is 6.72. The van der Waals surface area contributed by atoms with Crippen molar-refractivity contribution < 1.29 is 0 Å². The highest BCUT2D eigenvalue weighted by atomic mass is 15.2. The smallest absolute Gasteiger partial charge is 0.134 e. The van der Waals surface area contributed by atoms with Gasteiger partial charge >= 0.3 is 0 Å². The molecular formula is C14H25N5. The van der Waals surface area contributed by atoms with E-state index in [0.29, 0.717) is 0 Å². The molecule has 0 spiro atoms. The predicted molar refractivity (Wildman–Crippen MR) is 79.8 cm³/mol. The fourth-order valence-electron chi connectivity index (χ4n) is 2.58. The summed E-state index contributed by atoms with van der Waals surface area (Å²) in [5.41, 5.74) is 0. The molecule has 1 atom stereocenters. The van der Waals surface area contributed by atoms with Gasteiger partial charge in [-0.3, -0.25) is 0 Å². The summed E-state index contributed by atoms with van der Waals surface area (Å²) in [6.07, 6.45) is 2.59. The van der Waals surface area contributed by atoms with Crippen LogP contribution in [0.4, 0.5) is 11.6 Å². The highest BCUT2D eigenvalue weighted by Crippen LogP contribution is 2.18. The standard InChI is InChI=1S/C14H25N5/c1-4-16-13-8-14(18-11(2)17-13)19(3)10-12-6-5-7-15-9-12/h8,12,15H,4-7,9-10H2,1-3H3,(H,16,17,18). The topological polar surface area (TPSA) is 53.1 Å². The van der Waals surface area contributed by atoms with Gasteiger partial charge in [-0.15, -0.1) is 0 Å². The minimum absolute atomic E-state index is 0.719. The monoisotopic (exact) mass is 263 g/mol. The Morgan fingerprint density at radius 1 is 1.47 bits per heavy atom. The average Bonchev–Trinajstić information content (AvgIpc) is 2.39. The Morgan fingerprint density at radius 3 is 3.00 bits per heavy atom. The Hall–Kier alpha value is -1.36. The molecule has 1 aliphatic heterocycles. The molecule has 106 valence electrons. The van der Waals surface area contributed by atoms with Crippen LogP contribution in [-0.2, 0) is 0 Å². The number of aromatic nitrogens is 2. The molecule has 5 heteroatoms. The number of piperidine rings is 1. The molecule has 19 heavy (non-hydrogen) atoms. The molecule has 2 heterocycles. The molecule has 2 N–H and O–H groups in total. The second kappa shape index (κ2) is 6.70. The lowest BCUT2D eigenvalue weighted by Crippen LogP contribution is -2.37. The highest BCUT2D eigenvalue weighted by molar-refractivity contribution is 5.48. The first kappa shape index (κ1) is 14.1. The third-order valence-electron chi connectivity index (χ3n) is 3.50. The van der Waals surface area contributed by atoms with Gasteiger partial charge in [0.2, 0.25) is 0 Å². The molecule has 0 saturated carbocycles. The van der Waals surface area contributed by atoms with Crippen molar-refractivity contribution in [2.24, 2.45) is 5.92 Å². The summed E-state index contributed by atoms with van der Waals surface area (Å²) in [5.74, 6) is 3.46. The van der Waals surface area contributed by atoms with Gasteiger partial charge in [0.1, 0.15) is 17.5 Å². The molecule has 0 bridgehead atoms. The van der Waals surface area contributed by atoms with E-state index in [0.717, 1.165) is 49.6 Å². The lowest BCUT2D eigenvalue weighted by atomic mass is 9.99. The van der Waals surface area contributed by atoms with E-state index in [-0.39, 0.29) is 0 Å². The Morgan fingerprint density at radius 2 is 2.32 bits per heavy atom. The van der Waals surface area contributed by atoms with Crippen LogP contribution in [0.3, 0.4) is 0 Å². The number of hydrogen-bond donors (Lipinski definition) is 2. The molecule has 1 aromatic rings. The lowest BCUT2D eigenvalue weighted by Gasteiger charge is -2.28. The number of nitrogens with one attached hydrogen (secondary N) is 2. The van der Waals surface area contributed by atoms with Crippen LogP contribution in [0.2, 0.25) is 0 Å². The van der Waals surface area contributed by atoms with Crippen LogP contribution < -0.4 is 15.5 Å². The van der Waals surface area contributed by atoms with Gasteiger partial charge in [0.05, 0.1) is 0 Å². The van der Waals surface area contributed by atoms with Gasteiger partial charge in [0.25, 0.3) is 0 Å². The fourth-order valence-corrected chi connectivity index (χ4v) is 2.58. The van der Waals surface area contributed by atoms with E-state index in [4.69, 9.17) is 0 Å². The molecule has 2 rings (SSSR count). The van der Waals surface area contributed by atoms with Crippen molar-refractivity contribution in [2.75, 3.05) is 43.4 Å². The molecule has 1 unspecified atom stereocenters. The summed E-state index contributed by atoms with van der Waals surface area (Å²) < 4.78 is 0. The maximum Gasteiger partial charge on any atom is 0.134 e. The van der Waals surface area contributed by atoms with Gasteiger partial charge in [0.15, 0.2) is 0 Å². The minimum Gasteiger partial charge on any atom is -0.370 e. The second-order valence-electron chi connectivity index (χ2n) is 5.28. The number of aryl methyl sites for hydroxylation is 1. The second-order valence-corrected chi connectivity index (χ2v) is 5.28. The predicted octanol–water partition coefficient (Wildman–Crippen LogP) is 1.65. The number of anilines is 2. The fraction of sp³-hybridized carbons (Fsp3) is 0.714. The van der Waals surface area contributed by atoms with Gasteiger partial charge in [0, 0.05) is 26.2 Å². The Labute approximate surface area is 115 Å². The van der Waals surface area contributed by atoms with Gasteiger partial charge in [-0.2, -0.15) is 0 Å². The molecule has 5 nitrogen and oxygen atoms in total. The molecule has 0 radical (unpaired) electrons. The van der Waals surface area contributed by atoms with Gasteiger partial charge in [-0.05, 0) is 45.7 Å². The molecule has 1 aromatic heterocycles. The highest BCUT2D eigenvalue weighted by Gasteiger charge is 2.16. The van der Waals surface area contributed by atoms with Crippen LogP contribution in [-0.4, -0.2) is 43.2 Å². The van der Waals surface area contributed by atoms with Gasteiger partial charge < -0.3 is 15.5 Å². The van der Waals surface area contributed by atoms with Gasteiger partial charge in [-0.25, -0.2) is 9.97 Å². The quantitative estimate of drug-likeness (QED) is 0.846. The van der Waals surface area contributed by atoms with E-state index in [1.165, 1.54) is 12.8 Å². The molecule has 0 amide bonds. The average molecular weight is 263 g/mol.